The first-order valence-electron chi connectivity index (χ1n) is 3.66. The van der Waals surface area contributed by atoms with Gasteiger partial charge < -0.3 is 5.11 Å². The molecule has 0 atom stereocenters. The van der Waals surface area contributed by atoms with Gasteiger partial charge in [0.2, 0.25) is 9.05 Å². The molecule has 78 valence electrons. The maximum atomic E-state index is 12.0. The Morgan fingerprint density at radius 2 is 2.00 bits per heavy atom. The van der Waals surface area contributed by atoms with Crippen LogP contribution in [0.3, 0.4) is 0 Å². The highest BCUT2D eigenvalue weighted by molar-refractivity contribution is 8.13. The normalized spacial score (nSPS) is 34.7. The first kappa shape index (κ1) is 11.1. The molecular weight excluding hydrogens is 226 g/mol. The summed E-state index contributed by atoms with van der Waals surface area (Å²) in [6.07, 6.45) is -3.21. The molecule has 0 heterocycles. The van der Waals surface area contributed by atoms with Crippen molar-refractivity contribution in [2.75, 3.05) is 5.75 Å². The maximum absolute atomic E-state index is 12.0. The molecule has 1 rings (SSSR count). The molecule has 0 aromatic heterocycles. The van der Waals surface area contributed by atoms with E-state index in [0.29, 0.717) is 0 Å². The zero-order valence-electron chi connectivity index (χ0n) is 6.58. The third kappa shape index (κ3) is 2.75. The van der Waals surface area contributed by atoms with Gasteiger partial charge in [-0.15, -0.1) is 0 Å². The number of halogens is 3. The number of alkyl halides is 2. The summed E-state index contributed by atoms with van der Waals surface area (Å²) in [5.41, 5.74) is -1.99. The second kappa shape index (κ2) is 3.33. The first-order valence-corrected chi connectivity index (χ1v) is 6.14. The van der Waals surface area contributed by atoms with Gasteiger partial charge in [-0.2, -0.15) is 0 Å². The van der Waals surface area contributed by atoms with Crippen molar-refractivity contribution in [2.45, 2.75) is 24.9 Å². The van der Waals surface area contributed by atoms with Crippen molar-refractivity contribution in [3.05, 3.63) is 0 Å². The van der Waals surface area contributed by atoms with E-state index >= 15 is 0 Å². The molecule has 1 N–H and O–H groups in total. The third-order valence-corrected chi connectivity index (χ3v) is 3.37. The molecule has 0 spiro atoms. The minimum atomic E-state index is -3.64. The molecule has 1 fully saturated rings. The van der Waals surface area contributed by atoms with E-state index in [2.05, 4.69) is 0 Å². The maximum Gasteiger partial charge on any atom is 0.266 e. The Morgan fingerprint density at radius 1 is 1.54 bits per heavy atom. The van der Waals surface area contributed by atoms with Gasteiger partial charge in [0, 0.05) is 10.7 Å². The third-order valence-electron chi connectivity index (χ3n) is 2.13. The molecule has 7 heteroatoms. The Morgan fingerprint density at radius 3 is 2.31 bits per heavy atom. The van der Waals surface area contributed by atoms with Crippen molar-refractivity contribution in [2.24, 2.45) is 5.92 Å². The van der Waals surface area contributed by atoms with E-state index in [1.54, 1.807) is 0 Å². The van der Waals surface area contributed by atoms with E-state index in [1.807, 2.05) is 0 Å². The highest BCUT2D eigenvalue weighted by Crippen LogP contribution is 2.42. The molecule has 0 bridgehead atoms. The van der Waals surface area contributed by atoms with Crippen molar-refractivity contribution in [1.82, 2.24) is 0 Å². The Labute approximate surface area is 79.1 Å². The predicted octanol–water partition coefficient (Wildman–Crippen LogP) is 0.961. The van der Waals surface area contributed by atoms with E-state index in [1.165, 1.54) is 0 Å². The molecule has 1 aliphatic carbocycles. The van der Waals surface area contributed by atoms with Gasteiger partial charge >= 0.3 is 0 Å². The lowest BCUT2D eigenvalue weighted by Gasteiger charge is -2.42. The fraction of sp³-hybridized carbons (Fsp3) is 1.00. The van der Waals surface area contributed by atoms with Crippen molar-refractivity contribution >= 4 is 19.7 Å². The first-order chi connectivity index (χ1) is 5.73. The summed E-state index contributed by atoms with van der Waals surface area (Å²) in [5, 5.41) is 9.07. The van der Waals surface area contributed by atoms with Gasteiger partial charge in [0.05, 0.1) is 5.75 Å². The van der Waals surface area contributed by atoms with Gasteiger partial charge in [0.1, 0.15) is 5.60 Å². The highest BCUT2D eigenvalue weighted by Gasteiger charge is 2.50. The van der Waals surface area contributed by atoms with Crippen LogP contribution in [-0.2, 0) is 9.05 Å². The van der Waals surface area contributed by atoms with Gasteiger partial charge in [0.25, 0.3) is 6.43 Å². The summed E-state index contributed by atoms with van der Waals surface area (Å²) >= 11 is 0. The minimum Gasteiger partial charge on any atom is -0.384 e. The SMILES string of the molecule is O=S(=O)(Cl)CC1CC(O)(C(F)F)C1. The standard InChI is InChI=1S/C6H9ClF2O3S/c7-13(11,12)3-4-1-6(10,2-4)5(8)9/h4-5,10H,1-3H2. The highest BCUT2D eigenvalue weighted by atomic mass is 35.7. The van der Waals surface area contributed by atoms with Crippen molar-refractivity contribution in [1.29, 1.82) is 0 Å². The average molecular weight is 235 g/mol. The molecule has 0 unspecified atom stereocenters. The topological polar surface area (TPSA) is 54.4 Å². The number of aliphatic hydroxyl groups is 1. The molecule has 0 radical (unpaired) electrons. The van der Waals surface area contributed by atoms with E-state index in [-0.39, 0.29) is 18.6 Å². The largest absolute Gasteiger partial charge is 0.384 e. The zero-order valence-corrected chi connectivity index (χ0v) is 8.15. The Bertz CT molecular complexity index is 284. The Balaban J connectivity index is 2.42. The number of hydrogen-bond donors (Lipinski definition) is 1. The summed E-state index contributed by atoms with van der Waals surface area (Å²) in [7, 11) is 1.27. The predicted molar refractivity (Wildman–Crippen MR) is 43.3 cm³/mol. The monoisotopic (exact) mass is 234 g/mol. The molecule has 13 heavy (non-hydrogen) atoms. The molecule has 3 nitrogen and oxygen atoms in total. The van der Waals surface area contributed by atoms with Crippen LogP contribution in [0.4, 0.5) is 8.78 Å². The van der Waals surface area contributed by atoms with Gasteiger partial charge in [0.15, 0.2) is 0 Å². The van der Waals surface area contributed by atoms with Crippen LogP contribution >= 0.6 is 10.7 Å². The zero-order chi connectivity index (χ0) is 10.3. The quantitative estimate of drug-likeness (QED) is 0.740. The van der Waals surface area contributed by atoms with Crippen molar-refractivity contribution in [3.63, 3.8) is 0 Å². The van der Waals surface area contributed by atoms with E-state index in [4.69, 9.17) is 15.8 Å². The fourth-order valence-corrected chi connectivity index (χ4v) is 2.85. The van der Waals surface area contributed by atoms with Gasteiger partial charge in [-0.25, -0.2) is 17.2 Å². The molecule has 0 saturated heterocycles. The van der Waals surface area contributed by atoms with Crippen molar-refractivity contribution in [3.8, 4) is 0 Å². The second-order valence-corrected chi connectivity index (χ2v) is 6.21. The van der Waals surface area contributed by atoms with Gasteiger partial charge in [-0.3, -0.25) is 0 Å². The second-order valence-electron chi connectivity index (χ2n) is 3.38. The minimum absolute atomic E-state index is 0.198. The van der Waals surface area contributed by atoms with Crippen LogP contribution in [0.5, 0.6) is 0 Å². The van der Waals surface area contributed by atoms with Crippen LogP contribution in [0, 0.1) is 5.92 Å². The summed E-state index contributed by atoms with van der Waals surface area (Å²) in [5.74, 6) is -0.787. The summed E-state index contributed by atoms with van der Waals surface area (Å²) in [6, 6.07) is 0. The average Bonchev–Trinajstić information content (AvgIpc) is 1.79. The molecule has 1 saturated carbocycles. The van der Waals surface area contributed by atoms with Crippen LogP contribution in [0.15, 0.2) is 0 Å². The van der Waals surface area contributed by atoms with Crippen LogP contribution in [0.1, 0.15) is 12.8 Å². The molecule has 1 aliphatic rings. The van der Waals surface area contributed by atoms with Crippen LogP contribution < -0.4 is 0 Å². The van der Waals surface area contributed by atoms with Crippen LogP contribution in [0.25, 0.3) is 0 Å². The van der Waals surface area contributed by atoms with Crippen molar-refractivity contribution < 1.29 is 22.3 Å². The van der Waals surface area contributed by atoms with E-state index in [0.717, 1.165) is 0 Å². The van der Waals surface area contributed by atoms with Crippen LogP contribution in [0.2, 0.25) is 0 Å². The number of rotatable bonds is 3. The molecule has 0 amide bonds. The lowest BCUT2D eigenvalue weighted by molar-refractivity contribution is -0.163. The Kier molecular flexibility index (Phi) is 2.85. The summed E-state index contributed by atoms with van der Waals surface area (Å²) < 4.78 is 45.1. The van der Waals surface area contributed by atoms with E-state index < -0.39 is 27.0 Å². The molecular formula is C6H9ClF2O3S. The van der Waals surface area contributed by atoms with E-state index in [9.17, 15) is 17.2 Å². The lowest BCUT2D eigenvalue weighted by Crippen LogP contribution is -2.51. The summed E-state index contributed by atoms with van der Waals surface area (Å²) in [6.45, 7) is 0. The summed E-state index contributed by atoms with van der Waals surface area (Å²) in [4.78, 5) is 0. The molecule has 0 aromatic carbocycles. The van der Waals surface area contributed by atoms with Crippen LogP contribution in [-0.4, -0.2) is 31.3 Å². The Hall–Kier alpha value is 0.0600. The lowest BCUT2D eigenvalue weighted by atomic mass is 9.72. The van der Waals surface area contributed by atoms with Gasteiger partial charge in [-0.05, 0) is 18.8 Å². The van der Waals surface area contributed by atoms with Gasteiger partial charge in [-0.1, -0.05) is 0 Å². The fourth-order valence-electron chi connectivity index (χ4n) is 1.52. The smallest absolute Gasteiger partial charge is 0.266 e. The number of hydrogen-bond acceptors (Lipinski definition) is 3. The molecule has 0 aromatic rings. The molecule has 0 aliphatic heterocycles.